The zero-order valence-corrected chi connectivity index (χ0v) is 15.9. The van der Waals surface area contributed by atoms with Crippen LogP contribution in [0.4, 0.5) is 0 Å². The van der Waals surface area contributed by atoms with Crippen molar-refractivity contribution in [1.29, 1.82) is 0 Å². The molecule has 0 aliphatic rings. The summed E-state index contributed by atoms with van der Waals surface area (Å²) in [7, 11) is 0. The molecule has 0 aliphatic carbocycles. The van der Waals surface area contributed by atoms with Crippen LogP contribution < -0.4 is 10.1 Å². The first-order valence-electron chi connectivity index (χ1n) is 7.95. The molecule has 0 saturated carbocycles. The maximum Gasteiger partial charge on any atom is 0.344 e. The summed E-state index contributed by atoms with van der Waals surface area (Å²) in [5, 5.41) is 3.87. The van der Waals surface area contributed by atoms with Crippen LogP contribution in [0.1, 0.15) is 24.1 Å². The molecule has 1 amide bonds. The first-order chi connectivity index (χ1) is 12.4. The SMILES string of the molecule is Cc1cc(Cl)ccc1OCC(=O)OCC(=O)N[C@@H](C)c1ccccc1Cl. The predicted octanol–water partition coefficient (Wildman–Crippen LogP) is 4.10. The van der Waals surface area contributed by atoms with Gasteiger partial charge < -0.3 is 14.8 Å². The molecule has 2 aromatic carbocycles. The smallest absolute Gasteiger partial charge is 0.344 e. The van der Waals surface area contributed by atoms with E-state index in [1.54, 1.807) is 31.2 Å². The third-order valence-corrected chi connectivity index (χ3v) is 4.18. The number of carbonyl (C=O) groups excluding carboxylic acids is 2. The minimum Gasteiger partial charge on any atom is -0.482 e. The number of rotatable bonds is 7. The van der Waals surface area contributed by atoms with Crippen molar-refractivity contribution in [2.75, 3.05) is 13.2 Å². The van der Waals surface area contributed by atoms with Gasteiger partial charge in [0.2, 0.25) is 0 Å². The molecule has 0 aliphatic heterocycles. The van der Waals surface area contributed by atoms with Gasteiger partial charge in [-0.2, -0.15) is 0 Å². The normalized spacial score (nSPS) is 11.5. The molecule has 1 atom stereocenters. The number of carbonyl (C=O) groups is 2. The lowest BCUT2D eigenvalue weighted by Gasteiger charge is -2.15. The van der Waals surface area contributed by atoms with Gasteiger partial charge in [-0.15, -0.1) is 0 Å². The number of hydrogen-bond acceptors (Lipinski definition) is 4. The van der Waals surface area contributed by atoms with Crippen LogP contribution in [-0.2, 0) is 14.3 Å². The Morgan fingerprint density at radius 3 is 2.54 bits per heavy atom. The number of nitrogens with one attached hydrogen (secondary N) is 1. The van der Waals surface area contributed by atoms with Crippen molar-refractivity contribution in [2.24, 2.45) is 0 Å². The average Bonchev–Trinajstić information content (AvgIpc) is 2.59. The fraction of sp³-hybridized carbons (Fsp3) is 0.263. The summed E-state index contributed by atoms with van der Waals surface area (Å²) >= 11 is 12.0. The van der Waals surface area contributed by atoms with Crippen LogP contribution in [0.5, 0.6) is 5.75 Å². The number of halogens is 2. The van der Waals surface area contributed by atoms with Gasteiger partial charge in [-0.1, -0.05) is 41.4 Å². The van der Waals surface area contributed by atoms with Crippen LogP contribution in [0.25, 0.3) is 0 Å². The largest absolute Gasteiger partial charge is 0.482 e. The van der Waals surface area contributed by atoms with E-state index in [-0.39, 0.29) is 12.6 Å². The van der Waals surface area contributed by atoms with E-state index in [1.165, 1.54) is 0 Å². The van der Waals surface area contributed by atoms with Gasteiger partial charge in [-0.3, -0.25) is 4.79 Å². The minimum atomic E-state index is -0.639. The van der Waals surface area contributed by atoms with E-state index in [4.69, 9.17) is 32.7 Å². The Labute approximate surface area is 162 Å². The molecule has 0 heterocycles. The number of aryl methyl sites for hydroxylation is 1. The molecule has 26 heavy (non-hydrogen) atoms. The van der Waals surface area contributed by atoms with Crippen molar-refractivity contribution < 1.29 is 19.1 Å². The van der Waals surface area contributed by atoms with Crippen LogP contribution in [0.15, 0.2) is 42.5 Å². The monoisotopic (exact) mass is 395 g/mol. The molecule has 0 saturated heterocycles. The summed E-state index contributed by atoms with van der Waals surface area (Å²) < 4.78 is 10.3. The van der Waals surface area contributed by atoms with Gasteiger partial charge in [0, 0.05) is 10.0 Å². The van der Waals surface area contributed by atoms with Gasteiger partial charge in [-0.05, 0) is 49.2 Å². The molecule has 0 radical (unpaired) electrons. The van der Waals surface area contributed by atoms with E-state index in [1.807, 2.05) is 25.1 Å². The van der Waals surface area contributed by atoms with Crippen molar-refractivity contribution in [3.63, 3.8) is 0 Å². The molecule has 0 aromatic heterocycles. The second-order valence-electron chi connectivity index (χ2n) is 5.67. The van der Waals surface area contributed by atoms with E-state index in [9.17, 15) is 9.59 Å². The van der Waals surface area contributed by atoms with Gasteiger partial charge in [-0.25, -0.2) is 4.79 Å². The molecular weight excluding hydrogens is 377 g/mol. The maximum atomic E-state index is 11.9. The highest BCUT2D eigenvalue weighted by molar-refractivity contribution is 6.31. The predicted molar refractivity (Wildman–Crippen MR) is 101 cm³/mol. The van der Waals surface area contributed by atoms with Crippen LogP contribution in [-0.4, -0.2) is 25.1 Å². The summed E-state index contributed by atoms with van der Waals surface area (Å²) in [5.41, 5.74) is 1.59. The molecule has 0 unspecified atom stereocenters. The Bertz CT molecular complexity index is 795. The van der Waals surface area contributed by atoms with E-state index in [2.05, 4.69) is 5.32 Å². The molecule has 2 aromatic rings. The molecule has 1 N–H and O–H groups in total. The van der Waals surface area contributed by atoms with Gasteiger partial charge in [0.05, 0.1) is 6.04 Å². The Hall–Kier alpha value is -2.24. The van der Waals surface area contributed by atoms with Crippen molar-refractivity contribution in [2.45, 2.75) is 19.9 Å². The van der Waals surface area contributed by atoms with E-state index >= 15 is 0 Å². The van der Waals surface area contributed by atoms with Crippen LogP contribution in [0, 0.1) is 6.92 Å². The van der Waals surface area contributed by atoms with E-state index in [0.717, 1.165) is 11.1 Å². The highest BCUT2D eigenvalue weighted by Gasteiger charge is 2.14. The summed E-state index contributed by atoms with van der Waals surface area (Å²) in [6, 6.07) is 12.0. The second kappa shape index (κ2) is 9.46. The van der Waals surface area contributed by atoms with Gasteiger partial charge >= 0.3 is 5.97 Å². The molecule has 0 spiro atoms. The fourth-order valence-corrected chi connectivity index (χ4v) is 2.81. The Kier molecular flexibility index (Phi) is 7.30. The highest BCUT2D eigenvalue weighted by atomic mass is 35.5. The Morgan fingerprint density at radius 1 is 1.12 bits per heavy atom. The van der Waals surface area contributed by atoms with E-state index in [0.29, 0.717) is 15.8 Å². The molecule has 2 rings (SSSR count). The van der Waals surface area contributed by atoms with Crippen molar-refractivity contribution >= 4 is 35.1 Å². The van der Waals surface area contributed by atoms with Crippen molar-refractivity contribution in [1.82, 2.24) is 5.32 Å². The van der Waals surface area contributed by atoms with Gasteiger partial charge in [0.1, 0.15) is 5.75 Å². The third-order valence-electron chi connectivity index (χ3n) is 3.60. The summed E-state index contributed by atoms with van der Waals surface area (Å²) in [4.78, 5) is 23.7. The molecule has 138 valence electrons. The maximum absolute atomic E-state index is 11.9. The molecule has 0 fully saturated rings. The zero-order valence-electron chi connectivity index (χ0n) is 14.4. The third kappa shape index (κ3) is 5.93. The Morgan fingerprint density at radius 2 is 1.85 bits per heavy atom. The van der Waals surface area contributed by atoms with Gasteiger partial charge in [0.15, 0.2) is 13.2 Å². The van der Waals surface area contributed by atoms with Crippen LogP contribution in [0.2, 0.25) is 10.0 Å². The molecular formula is C19H19Cl2NO4. The lowest BCUT2D eigenvalue weighted by atomic mass is 10.1. The Balaban J connectivity index is 1.76. The first-order valence-corrected chi connectivity index (χ1v) is 8.70. The number of hydrogen-bond donors (Lipinski definition) is 1. The second-order valence-corrected chi connectivity index (χ2v) is 6.51. The molecule has 5 nitrogen and oxygen atoms in total. The average molecular weight is 396 g/mol. The molecule has 7 heteroatoms. The lowest BCUT2D eigenvalue weighted by molar-refractivity contribution is -0.150. The van der Waals surface area contributed by atoms with Crippen molar-refractivity contribution in [3.8, 4) is 5.75 Å². The standard InChI is InChI=1S/C19H19Cl2NO4/c1-12-9-14(20)7-8-17(12)25-11-19(24)26-10-18(23)22-13(2)15-5-3-4-6-16(15)21/h3-9,13H,10-11H2,1-2H3,(H,22,23)/t13-/m0/s1. The summed E-state index contributed by atoms with van der Waals surface area (Å²) in [6.07, 6.45) is 0. The van der Waals surface area contributed by atoms with Crippen LogP contribution in [0.3, 0.4) is 0 Å². The lowest BCUT2D eigenvalue weighted by Crippen LogP contribution is -2.32. The molecule has 0 bridgehead atoms. The fourth-order valence-electron chi connectivity index (χ4n) is 2.29. The number of esters is 1. The number of amides is 1. The highest BCUT2D eigenvalue weighted by Crippen LogP contribution is 2.22. The quantitative estimate of drug-likeness (QED) is 0.716. The number of benzene rings is 2. The topological polar surface area (TPSA) is 64.6 Å². The number of ether oxygens (including phenoxy) is 2. The van der Waals surface area contributed by atoms with Crippen molar-refractivity contribution in [3.05, 3.63) is 63.6 Å². The minimum absolute atomic E-state index is 0.296. The van der Waals surface area contributed by atoms with Crippen LogP contribution >= 0.6 is 23.2 Å². The first kappa shape index (κ1) is 20.1. The summed E-state index contributed by atoms with van der Waals surface area (Å²) in [5.74, 6) is -0.531. The zero-order chi connectivity index (χ0) is 19.1. The van der Waals surface area contributed by atoms with Gasteiger partial charge in [0.25, 0.3) is 5.91 Å². The summed E-state index contributed by atoms with van der Waals surface area (Å²) in [6.45, 7) is 2.93. The van der Waals surface area contributed by atoms with E-state index < -0.39 is 18.5 Å².